The van der Waals surface area contributed by atoms with Gasteiger partial charge >= 0.3 is 0 Å². The summed E-state index contributed by atoms with van der Waals surface area (Å²) in [7, 11) is 3.48. The normalized spacial score (nSPS) is 10.7. The van der Waals surface area contributed by atoms with Gasteiger partial charge in [-0.25, -0.2) is 4.98 Å². The van der Waals surface area contributed by atoms with Crippen LogP contribution in [0.5, 0.6) is 5.75 Å². The number of nitrogens with one attached hydrogen (secondary N) is 2. The molecule has 0 aliphatic carbocycles. The zero-order valence-corrected chi connectivity index (χ0v) is 18.0. The Hall–Kier alpha value is -4.13. The number of amides is 2. The van der Waals surface area contributed by atoms with Crippen LogP contribution in [-0.4, -0.2) is 35.0 Å². The highest BCUT2D eigenvalue weighted by atomic mass is 16.5. The van der Waals surface area contributed by atoms with Crippen LogP contribution in [0.1, 0.15) is 26.5 Å². The van der Waals surface area contributed by atoms with Crippen LogP contribution in [0.15, 0.2) is 72.8 Å². The Morgan fingerprint density at radius 3 is 2.50 bits per heavy atom. The minimum atomic E-state index is -0.188. The van der Waals surface area contributed by atoms with Crippen molar-refractivity contribution in [1.82, 2.24) is 14.9 Å². The number of anilines is 1. The quantitative estimate of drug-likeness (QED) is 0.469. The predicted octanol–water partition coefficient (Wildman–Crippen LogP) is 3.81. The fourth-order valence-electron chi connectivity index (χ4n) is 3.56. The molecule has 1 aromatic heterocycles. The molecule has 7 nitrogen and oxygen atoms in total. The minimum absolute atomic E-state index is 0.167. The first-order valence-corrected chi connectivity index (χ1v) is 10.3. The van der Waals surface area contributed by atoms with E-state index in [1.807, 2.05) is 54.1 Å². The van der Waals surface area contributed by atoms with E-state index in [-0.39, 0.29) is 11.8 Å². The number of aromatic nitrogens is 2. The van der Waals surface area contributed by atoms with Crippen molar-refractivity contribution < 1.29 is 14.3 Å². The molecule has 0 bridgehead atoms. The van der Waals surface area contributed by atoms with E-state index in [0.717, 1.165) is 16.9 Å². The van der Waals surface area contributed by atoms with Crippen LogP contribution < -0.4 is 15.4 Å². The average molecular weight is 428 g/mol. The van der Waals surface area contributed by atoms with Gasteiger partial charge in [0.1, 0.15) is 11.6 Å². The van der Waals surface area contributed by atoms with E-state index >= 15 is 0 Å². The number of aryl methyl sites for hydroxylation is 1. The van der Waals surface area contributed by atoms with Crippen LogP contribution >= 0.6 is 0 Å². The summed E-state index contributed by atoms with van der Waals surface area (Å²) in [5.74, 6) is 1.02. The SMILES string of the molecule is COc1ccccc1C(=O)NCCc1nc2cc(NC(=O)c3ccccc3)ccc2n1C. The summed E-state index contributed by atoms with van der Waals surface area (Å²) in [6.45, 7) is 0.436. The number of ether oxygens (including phenoxy) is 1. The molecule has 0 radical (unpaired) electrons. The summed E-state index contributed by atoms with van der Waals surface area (Å²) in [4.78, 5) is 29.6. The number of hydrogen-bond donors (Lipinski definition) is 2. The van der Waals surface area contributed by atoms with Crippen LogP contribution in [0.2, 0.25) is 0 Å². The maximum Gasteiger partial charge on any atom is 0.255 e. The van der Waals surface area contributed by atoms with E-state index in [2.05, 4.69) is 10.6 Å². The molecule has 4 rings (SSSR count). The average Bonchev–Trinajstić information content (AvgIpc) is 3.14. The van der Waals surface area contributed by atoms with E-state index in [4.69, 9.17) is 9.72 Å². The molecule has 4 aromatic rings. The zero-order valence-electron chi connectivity index (χ0n) is 18.0. The topological polar surface area (TPSA) is 85.2 Å². The summed E-state index contributed by atoms with van der Waals surface area (Å²) in [6.07, 6.45) is 0.567. The highest BCUT2D eigenvalue weighted by molar-refractivity contribution is 6.05. The highest BCUT2D eigenvalue weighted by Crippen LogP contribution is 2.21. The molecule has 32 heavy (non-hydrogen) atoms. The predicted molar refractivity (Wildman–Crippen MR) is 124 cm³/mol. The first-order chi connectivity index (χ1) is 15.6. The van der Waals surface area contributed by atoms with Gasteiger partial charge in [0.15, 0.2) is 0 Å². The second-order valence-corrected chi connectivity index (χ2v) is 7.32. The first-order valence-electron chi connectivity index (χ1n) is 10.3. The third-order valence-electron chi connectivity index (χ3n) is 5.25. The number of para-hydroxylation sites is 1. The van der Waals surface area contributed by atoms with Crippen molar-refractivity contribution in [2.75, 3.05) is 19.0 Å². The third-order valence-corrected chi connectivity index (χ3v) is 5.25. The minimum Gasteiger partial charge on any atom is -0.496 e. The molecular formula is C25H24N4O3. The maximum atomic E-state index is 12.5. The van der Waals surface area contributed by atoms with E-state index in [0.29, 0.717) is 35.5 Å². The summed E-state index contributed by atoms with van der Waals surface area (Å²) < 4.78 is 7.24. The number of carbonyl (C=O) groups excluding carboxylic acids is 2. The molecule has 2 N–H and O–H groups in total. The van der Waals surface area contributed by atoms with E-state index in [9.17, 15) is 9.59 Å². The molecule has 0 aliphatic rings. The second kappa shape index (κ2) is 9.34. The molecule has 7 heteroatoms. The summed E-state index contributed by atoms with van der Waals surface area (Å²) in [6, 6.07) is 21.8. The Kier molecular flexibility index (Phi) is 6.17. The monoisotopic (exact) mass is 428 g/mol. The van der Waals surface area contributed by atoms with Crippen molar-refractivity contribution in [1.29, 1.82) is 0 Å². The molecule has 162 valence electrons. The van der Waals surface area contributed by atoms with Gasteiger partial charge in [0, 0.05) is 31.3 Å². The number of carbonyl (C=O) groups is 2. The molecule has 0 unspecified atom stereocenters. The standard InChI is InChI=1S/C25H24N4O3/c1-29-21-13-12-18(27-24(30)17-8-4-3-5-9-17)16-20(21)28-23(29)14-15-26-25(31)19-10-6-7-11-22(19)32-2/h3-13,16H,14-15H2,1-2H3,(H,26,31)(H,27,30). The molecule has 0 aliphatic heterocycles. The lowest BCUT2D eigenvalue weighted by Crippen LogP contribution is -2.26. The van der Waals surface area contributed by atoms with Gasteiger partial charge in [-0.1, -0.05) is 30.3 Å². The lowest BCUT2D eigenvalue weighted by atomic mass is 10.2. The Balaban J connectivity index is 1.43. The van der Waals surface area contributed by atoms with Gasteiger partial charge in [-0.05, 0) is 42.5 Å². The first kappa shape index (κ1) is 21.1. The molecule has 0 atom stereocenters. The van der Waals surface area contributed by atoms with Crippen LogP contribution in [-0.2, 0) is 13.5 Å². The number of nitrogens with zero attached hydrogens (tertiary/aromatic N) is 2. The molecule has 0 saturated carbocycles. The lowest BCUT2D eigenvalue weighted by molar-refractivity contribution is 0.0950. The number of hydrogen-bond acceptors (Lipinski definition) is 4. The van der Waals surface area contributed by atoms with Gasteiger partial charge in [-0.2, -0.15) is 0 Å². The van der Waals surface area contributed by atoms with Crippen LogP contribution in [0, 0.1) is 0 Å². The third kappa shape index (κ3) is 4.46. The van der Waals surface area contributed by atoms with Crippen molar-refractivity contribution in [2.45, 2.75) is 6.42 Å². The molecule has 0 saturated heterocycles. The van der Waals surface area contributed by atoms with Gasteiger partial charge in [-0.3, -0.25) is 9.59 Å². The lowest BCUT2D eigenvalue weighted by Gasteiger charge is -2.09. The van der Waals surface area contributed by atoms with E-state index in [1.165, 1.54) is 0 Å². The Labute approximate surface area is 186 Å². The van der Waals surface area contributed by atoms with E-state index < -0.39 is 0 Å². The van der Waals surface area contributed by atoms with Crippen LogP contribution in [0.4, 0.5) is 5.69 Å². The molecule has 3 aromatic carbocycles. The number of fused-ring (bicyclic) bond motifs is 1. The largest absolute Gasteiger partial charge is 0.496 e. The molecule has 0 fully saturated rings. The van der Waals surface area contributed by atoms with Crippen molar-refractivity contribution in [3.8, 4) is 5.75 Å². The van der Waals surface area contributed by atoms with Crippen LogP contribution in [0.3, 0.4) is 0 Å². The van der Waals surface area contributed by atoms with Gasteiger partial charge in [0.05, 0.1) is 23.7 Å². The van der Waals surface area contributed by atoms with Crippen molar-refractivity contribution in [3.05, 3.63) is 89.7 Å². The van der Waals surface area contributed by atoms with Gasteiger partial charge in [0.25, 0.3) is 11.8 Å². The van der Waals surface area contributed by atoms with Gasteiger partial charge in [-0.15, -0.1) is 0 Å². The van der Waals surface area contributed by atoms with Gasteiger partial charge < -0.3 is 19.9 Å². The molecule has 0 spiro atoms. The zero-order chi connectivity index (χ0) is 22.5. The number of benzene rings is 3. The van der Waals surface area contributed by atoms with Crippen molar-refractivity contribution >= 4 is 28.5 Å². The maximum absolute atomic E-state index is 12.5. The van der Waals surface area contributed by atoms with Crippen molar-refractivity contribution in [3.63, 3.8) is 0 Å². The van der Waals surface area contributed by atoms with Gasteiger partial charge in [0.2, 0.25) is 0 Å². The summed E-state index contributed by atoms with van der Waals surface area (Å²) >= 11 is 0. The number of methoxy groups -OCH3 is 1. The Bertz CT molecular complexity index is 1260. The highest BCUT2D eigenvalue weighted by Gasteiger charge is 2.13. The van der Waals surface area contributed by atoms with Crippen molar-refractivity contribution in [2.24, 2.45) is 7.05 Å². The number of imidazole rings is 1. The number of rotatable bonds is 7. The molecule has 2 amide bonds. The fraction of sp³-hybridized carbons (Fsp3) is 0.160. The second-order valence-electron chi connectivity index (χ2n) is 7.32. The van der Waals surface area contributed by atoms with Crippen LogP contribution in [0.25, 0.3) is 11.0 Å². The fourth-order valence-corrected chi connectivity index (χ4v) is 3.56. The molecular weight excluding hydrogens is 404 g/mol. The Morgan fingerprint density at radius 2 is 1.72 bits per heavy atom. The Morgan fingerprint density at radius 1 is 0.969 bits per heavy atom. The van der Waals surface area contributed by atoms with E-state index in [1.54, 1.807) is 37.4 Å². The summed E-state index contributed by atoms with van der Waals surface area (Å²) in [5, 5.41) is 5.83. The summed E-state index contributed by atoms with van der Waals surface area (Å²) in [5.41, 5.74) is 3.51. The smallest absolute Gasteiger partial charge is 0.255 e. The molecule has 1 heterocycles.